The summed E-state index contributed by atoms with van der Waals surface area (Å²) in [6.07, 6.45) is 5.16. The molecule has 1 amide bonds. The molecular weight excluding hydrogens is 310 g/mol. The van der Waals surface area contributed by atoms with E-state index in [0.29, 0.717) is 13.0 Å². The van der Waals surface area contributed by atoms with Crippen molar-refractivity contribution in [2.75, 3.05) is 0 Å². The molecule has 1 heterocycles. The van der Waals surface area contributed by atoms with Gasteiger partial charge in [-0.05, 0) is 42.2 Å². The number of nitrogens with zero attached hydrogens (tertiary/aromatic N) is 2. The van der Waals surface area contributed by atoms with E-state index in [-0.39, 0.29) is 5.91 Å². The van der Waals surface area contributed by atoms with E-state index in [0.717, 1.165) is 29.1 Å². The molecule has 1 aromatic heterocycles. The zero-order chi connectivity index (χ0) is 17.6. The lowest BCUT2D eigenvalue weighted by Crippen LogP contribution is -2.24. The van der Waals surface area contributed by atoms with Crippen molar-refractivity contribution in [1.29, 1.82) is 0 Å². The van der Waals surface area contributed by atoms with Crippen molar-refractivity contribution >= 4 is 5.91 Å². The minimum absolute atomic E-state index is 0.0405. The van der Waals surface area contributed by atoms with E-state index in [1.807, 2.05) is 54.1 Å². The van der Waals surface area contributed by atoms with Crippen molar-refractivity contribution in [2.24, 2.45) is 0 Å². The molecule has 3 rings (SSSR count). The summed E-state index contributed by atoms with van der Waals surface area (Å²) >= 11 is 0. The van der Waals surface area contributed by atoms with Crippen LogP contribution >= 0.6 is 0 Å². The highest BCUT2D eigenvalue weighted by molar-refractivity contribution is 5.78. The molecule has 0 radical (unpaired) electrons. The van der Waals surface area contributed by atoms with Crippen molar-refractivity contribution in [3.63, 3.8) is 0 Å². The van der Waals surface area contributed by atoms with E-state index < -0.39 is 0 Å². The highest BCUT2D eigenvalue weighted by Gasteiger charge is 2.04. The fourth-order valence-corrected chi connectivity index (χ4v) is 2.77. The molecule has 0 aliphatic heterocycles. The summed E-state index contributed by atoms with van der Waals surface area (Å²) in [6, 6.07) is 16.4. The number of hydrogen-bond donors (Lipinski definition) is 1. The Morgan fingerprint density at radius 3 is 2.24 bits per heavy atom. The summed E-state index contributed by atoms with van der Waals surface area (Å²) < 4.78 is 2.03. The van der Waals surface area contributed by atoms with Crippen LogP contribution in [0.2, 0.25) is 0 Å². The second-order valence-corrected chi connectivity index (χ2v) is 6.13. The van der Waals surface area contributed by atoms with E-state index >= 15 is 0 Å². The average Bonchev–Trinajstić information content (AvgIpc) is 3.07. The third-order valence-electron chi connectivity index (χ3n) is 4.33. The largest absolute Gasteiger partial charge is 0.352 e. The number of nitrogens with one attached hydrogen (secondary N) is 1. The van der Waals surface area contributed by atoms with Crippen LogP contribution in [0, 0.1) is 6.92 Å². The van der Waals surface area contributed by atoms with Gasteiger partial charge in [0, 0.05) is 24.6 Å². The minimum atomic E-state index is 0.0405. The summed E-state index contributed by atoms with van der Waals surface area (Å²) in [4.78, 5) is 16.3. The summed E-state index contributed by atoms with van der Waals surface area (Å²) in [5.74, 6) is 0.994. The third kappa shape index (κ3) is 4.35. The molecule has 0 unspecified atom stereocenters. The Balaban J connectivity index is 1.54. The molecule has 0 atom stereocenters. The summed E-state index contributed by atoms with van der Waals surface area (Å²) in [5, 5.41) is 2.98. The summed E-state index contributed by atoms with van der Waals surface area (Å²) in [6.45, 7) is 4.64. The maximum Gasteiger partial charge on any atom is 0.224 e. The number of carbonyl (C=O) groups excluding carboxylic acids is 1. The molecule has 0 aliphatic carbocycles. The van der Waals surface area contributed by atoms with E-state index in [2.05, 4.69) is 29.4 Å². The Labute approximate surface area is 148 Å². The first-order valence-corrected chi connectivity index (χ1v) is 8.59. The average molecular weight is 333 g/mol. The molecule has 3 aromatic rings. The Kier molecular flexibility index (Phi) is 5.29. The van der Waals surface area contributed by atoms with Crippen LogP contribution in [0.1, 0.15) is 29.4 Å². The smallest absolute Gasteiger partial charge is 0.224 e. The van der Waals surface area contributed by atoms with E-state index in [1.54, 1.807) is 6.20 Å². The van der Waals surface area contributed by atoms with Gasteiger partial charge < -0.3 is 9.88 Å². The topological polar surface area (TPSA) is 46.9 Å². The van der Waals surface area contributed by atoms with E-state index in [4.69, 9.17) is 0 Å². The predicted octanol–water partition coefficient (Wildman–Crippen LogP) is 3.60. The quantitative estimate of drug-likeness (QED) is 0.749. The molecule has 0 aliphatic rings. The van der Waals surface area contributed by atoms with Crippen LogP contribution in [-0.2, 0) is 24.2 Å². The monoisotopic (exact) mass is 333 g/mol. The van der Waals surface area contributed by atoms with Gasteiger partial charge in [0.15, 0.2) is 0 Å². The first-order valence-electron chi connectivity index (χ1n) is 8.59. The van der Waals surface area contributed by atoms with Gasteiger partial charge in [-0.25, -0.2) is 4.98 Å². The Morgan fingerprint density at radius 2 is 1.64 bits per heavy atom. The molecule has 25 heavy (non-hydrogen) atoms. The number of carbonyl (C=O) groups is 1. The van der Waals surface area contributed by atoms with Gasteiger partial charge in [0.25, 0.3) is 0 Å². The minimum Gasteiger partial charge on any atom is -0.352 e. The molecule has 0 saturated carbocycles. The van der Waals surface area contributed by atoms with Gasteiger partial charge in [0.05, 0.1) is 6.42 Å². The molecule has 0 saturated heterocycles. The van der Waals surface area contributed by atoms with E-state index in [1.165, 1.54) is 5.56 Å². The molecule has 0 fully saturated rings. The van der Waals surface area contributed by atoms with Gasteiger partial charge in [0.2, 0.25) is 5.91 Å². The molecule has 4 heteroatoms. The van der Waals surface area contributed by atoms with Gasteiger partial charge in [-0.2, -0.15) is 0 Å². The van der Waals surface area contributed by atoms with E-state index in [9.17, 15) is 4.79 Å². The maximum atomic E-state index is 12.1. The lowest BCUT2D eigenvalue weighted by molar-refractivity contribution is -0.120. The highest BCUT2D eigenvalue weighted by atomic mass is 16.1. The van der Waals surface area contributed by atoms with Crippen LogP contribution in [0.5, 0.6) is 0 Å². The predicted molar refractivity (Wildman–Crippen MR) is 99.7 cm³/mol. The summed E-state index contributed by atoms with van der Waals surface area (Å²) in [7, 11) is 0. The maximum absolute atomic E-state index is 12.1. The Bertz CT molecular complexity index is 832. The second-order valence-electron chi connectivity index (χ2n) is 6.13. The number of aryl methyl sites for hydroxylation is 2. The number of benzene rings is 2. The van der Waals surface area contributed by atoms with Crippen LogP contribution in [0.4, 0.5) is 0 Å². The molecule has 0 bridgehead atoms. The summed E-state index contributed by atoms with van der Waals surface area (Å²) in [5.41, 5.74) is 4.48. The van der Waals surface area contributed by atoms with Gasteiger partial charge in [0.1, 0.15) is 5.82 Å². The first-order chi connectivity index (χ1) is 12.2. The molecule has 2 aromatic carbocycles. The fraction of sp³-hybridized carbons (Fsp3) is 0.238. The zero-order valence-corrected chi connectivity index (χ0v) is 14.7. The number of imidazole rings is 1. The number of amides is 1. The fourth-order valence-electron chi connectivity index (χ4n) is 2.77. The van der Waals surface area contributed by atoms with Crippen molar-refractivity contribution in [1.82, 2.24) is 14.9 Å². The molecule has 1 N–H and O–H groups in total. The molecule has 128 valence electrons. The highest BCUT2D eigenvalue weighted by Crippen LogP contribution is 2.12. The molecule has 0 spiro atoms. The number of hydrogen-bond acceptors (Lipinski definition) is 2. The normalized spacial score (nSPS) is 10.6. The van der Waals surface area contributed by atoms with Crippen molar-refractivity contribution in [2.45, 2.75) is 33.2 Å². The van der Waals surface area contributed by atoms with Crippen LogP contribution in [0.15, 0.2) is 60.9 Å². The Morgan fingerprint density at radius 1 is 1.00 bits per heavy atom. The number of aromatic nitrogens is 2. The van der Waals surface area contributed by atoms with Gasteiger partial charge in [-0.3, -0.25) is 4.79 Å². The molecular formula is C21H23N3O. The lowest BCUT2D eigenvalue weighted by Gasteiger charge is -2.08. The third-order valence-corrected chi connectivity index (χ3v) is 4.33. The standard InChI is InChI=1S/C21H23N3O/c1-3-17-4-6-18(7-5-17)14-21(25)23-15-19-8-10-20(11-9-19)24-13-12-22-16(24)2/h4-13H,3,14-15H2,1-2H3,(H,23,25). The van der Waals surface area contributed by atoms with Crippen LogP contribution in [0.3, 0.4) is 0 Å². The van der Waals surface area contributed by atoms with Gasteiger partial charge >= 0.3 is 0 Å². The first kappa shape index (κ1) is 17.0. The number of rotatable bonds is 6. The molecule has 4 nitrogen and oxygen atoms in total. The van der Waals surface area contributed by atoms with Gasteiger partial charge in [-0.1, -0.05) is 43.3 Å². The SMILES string of the molecule is CCc1ccc(CC(=O)NCc2ccc(-n3ccnc3C)cc2)cc1. The van der Waals surface area contributed by atoms with Crippen LogP contribution in [0.25, 0.3) is 5.69 Å². The zero-order valence-electron chi connectivity index (χ0n) is 14.7. The van der Waals surface area contributed by atoms with Crippen molar-refractivity contribution in [3.8, 4) is 5.69 Å². The second kappa shape index (κ2) is 7.79. The van der Waals surface area contributed by atoms with Crippen LogP contribution < -0.4 is 5.32 Å². The lowest BCUT2D eigenvalue weighted by atomic mass is 10.1. The van der Waals surface area contributed by atoms with Gasteiger partial charge in [-0.15, -0.1) is 0 Å². The Hall–Kier alpha value is -2.88. The van der Waals surface area contributed by atoms with Crippen LogP contribution in [-0.4, -0.2) is 15.5 Å². The van der Waals surface area contributed by atoms with Crippen molar-refractivity contribution in [3.05, 3.63) is 83.4 Å². The van der Waals surface area contributed by atoms with Crippen molar-refractivity contribution < 1.29 is 4.79 Å².